The number of halogens is 1. The van der Waals surface area contributed by atoms with E-state index in [9.17, 15) is 14.0 Å². The summed E-state index contributed by atoms with van der Waals surface area (Å²) in [4.78, 5) is 32.2. The zero-order valence-corrected chi connectivity index (χ0v) is 22.0. The third-order valence-electron chi connectivity index (χ3n) is 6.66. The summed E-state index contributed by atoms with van der Waals surface area (Å²) in [5.41, 5.74) is 2.10. The van der Waals surface area contributed by atoms with Crippen molar-refractivity contribution in [2.45, 2.75) is 19.9 Å². The molecule has 6 nitrogen and oxygen atoms in total. The Labute approximate surface area is 226 Å². The van der Waals surface area contributed by atoms with Gasteiger partial charge < -0.3 is 9.15 Å². The van der Waals surface area contributed by atoms with Crippen molar-refractivity contribution in [2.24, 2.45) is 4.99 Å². The van der Waals surface area contributed by atoms with Gasteiger partial charge in [-0.2, -0.15) is 0 Å². The van der Waals surface area contributed by atoms with Crippen LogP contribution in [0.5, 0.6) is 0 Å². The number of hydrogen-bond acceptors (Lipinski definition) is 6. The van der Waals surface area contributed by atoms with Crippen LogP contribution in [0.4, 0.5) is 4.39 Å². The maximum atomic E-state index is 13.9. The molecule has 0 saturated carbocycles. The molecule has 3 aromatic carbocycles. The molecule has 5 aromatic rings. The molecule has 194 valence electrons. The number of fused-ring (bicyclic) bond motifs is 2. The van der Waals surface area contributed by atoms with E-state index in [4.69, 9.17) is 9.15 Å². The number of furan rings is 1. The SMILES string of the molecule is CCOC(=O)C1=C(C)N=c2s/c(=C/c3ccc(-c4ccc(F)cc4)o3)c(=O)n2C1c1cccc2ccccc12. The topological polar surface area (TPSA) is 73.8 Å². The molecule has 0 N–H and O–H groups in total. The lowest BCUT2D eigenvalue weighted by Crippen LogP contribution is -2.40. The van der Waals surface area contributed by atoms with Crippen molar-refractivity contribution in [1.82, 2.24) is 4.57 Å². The predicted octanol–water partition coefficient (Wildman–Crippen LogP) is 5.35. The van der Waals surface area contributed by atoms with Crippen LogP contribution >= 0.6 is 11.3 Å². The van der Waals surface area contributed by atoms with E-state index in [1.807, 2.05) is 42.5 Å². The van der Waals surface area contributed by atoms with Crippen molar-refractivity contribution in [3.8, 4) is 11.3 Å². The number of esters is 1. The standard InChI is InChI=1S/C31H23FN2O4S/c1-3-37-30(36)27-18(2)33-31-34(28(27)24-10-6-8-19-7-4-5-9-23(19)24)29(35)26(39-31)17-22-15-16-25(38-22)20-11-13-21(32)14-12-20/h4-17,28H,3H2,1-2H3/b26-17+. The molecule has 0 fully saturated rings. The van der Waals surface area contributed by atoms with E-state index in [1.54, 1.807) is 48.8 Å². The smallest absolute Gasteiger partial charge is 0.338 e. The molecule has 1 aliphatic heterocycles. The Kier molecular flexibility index (Phi) is 6.32. The molecule has 1 unspecified atom stereocenters. The van der Waals surface area contributed by atoms with Crippen molar-refractivity contribution in [3.05, 3.63) is 127 Å². The average molecular weight is 539 g/mol. The zero-order chi connectivity index (χ0) is 27.1. The fourth-order valence-corrected chi connectivity index (χ4v) is 5.93. The summed E-state index contributed by atoms with van der Waals surface area (Å²) in [6, 6.07) is 22.6. The molecule has 2 aromatic heterocycles. The number of nitrogens with zero attached hydrogens (tertiary/aromatic N) is 2. The molecule has 39 heavy (non-hydrogen) atoms. The number of ether oxygens (including phenoxy) is 1. The van der Waals surface area contributed by atoms with E-state index in [-0.39, 0.29) is 18.0 Å². The second-order valence-corrected chi connectivity index (χ2v) is 10.1. The zero-order valence-electron chi connectivity index (χ0n) is 21.2. The average Bonchev–Trinajstić information content (AvgIpc) is 3.52. The van der Waals surface area contributed by atoms with Crippen molar-refractivity contribution in [3.63, 3.8) is 0 Å². The van der Waals surface area contributed by atoms with Crippen molar-refractivity contribution < 1.29 is 18.3 Å². The molecule has 0 saturated heterocycles. The predicted molar refractivity (Wildman–Crippen MR) is 148 cm³/mol. The van der Waals surface area contributed by atoms with Crippen LogP contribution in [0.1, 0.15) is 31.2 Å². The minimum atomic E-state index is -0.708. The summed E-state index contributed by atoms with van der Waals surface area (Å²) >= 11 is 1.23. The number of thiazole rings is 1. The van der Waals surface area contributed by atoms with Gasteiger partial charge in [-0.3, -0.25) is 9.36 Å². The van der Waals surface area contributed by atoms with Gasteiger partial charge in [-0.05, 0) is 66.6 Å². The Balaban J connectivity index is 1.53. The maximum Gasteiger partial charge on any atom is 0.338 e. The molecule has 3 heterocycles. The van der Waals surface area contributed by atoms with Crippen LogP contribution in [0.2, 0.25) is 0 Å². The minimum absolute atomic E-state index is 0.206. The highest BCUT2D eigenvalue weighted by molar-refractivity contribution is 7.07. The van der Waals surface area contributed by atoms with Crippen molar-refractivity contribution >= 4 is 34.2 Å². The fourth-order valence-electron chi connectivity index (χ4n) is 4.90. The summed E-state index contributed by atoms with van der Waals surface area (Å²) in [7, 11) is 0. The number of aromatic nitrogens is 1. The second kappa shape index (κ2) is 9.96. The Hall–Kier alpha value is -4.56. The largest absolute Gasteiger partial charge is 0.463 e. The van der Waals surface area contributed by atoms with Crippen LogP contribution in [0, 0.1) is 5.82 Å². The summed E-state index contributed by atoms with van der Waals surface area (Å²) < 4.78 is 26.7. The first-order valence-electron chi connectivity index (χ1n) is 12.5. The highest BCUT2D eigenvalue weighted by atomic mass is 32.1. The molecule has 1 atom stereocenters. The van der Waals surface area contributed by atoms with E-state index < -0.39 is 12.0 Å². The van der Waals surface area contributed by atoms with E-state index in [1.165, 1.54) is 23.5 Å². The van der Waals surface area contributed by atoms with Gasteiger partial charge in [0.05, 0.1) is 28.5 Å². The number of carbonyl (C=O) groups excluding carboxylic acids is 1. The van der Waals surface area contributed by atoms with Crippen LogP contribution in [0.15, 0.2) is 104 Å². The van der Waals surface area contributed by atoms with Gasteiger partial charge in [0.1, 0.15) is 17.3 Å². The Morgan fingerprint density at radius 2 is 1.85 bits per heavy atom. The van der Waals surface area contributed by atoms with Gasteiger partial charge in [0.2, 0.25) is 0 Å². The lowest BCUT2D eigenvalue weighted by atomic mass is 9.91. The Morgan fingerprint density at radius 3 is 2.64 bits per heavy atom. The van der Waals surface area contributed by atoms with Crippen LogP contribution in [-0.4, -0.2) is 17.1 Å². The Bertz CT molecular complexity index is 1940. The number of allylic oxidation sites excluding steroid dienone is 1. The lowest BCUT2D eigenvalue weighted by Gasteiger charge is -2.25. The van der Waals surface area contributed by atoms with Gasteiger partial charge in [-0.25, -0.2) is 14.2 Å². The van der Waals surface area contributed by atoms with Crippen LogP contribution in [0.25, 0.3) is 28.2 Å². The molecule has 6 rings (SSSR count). The summed E-state index contributed by atoms with van der Waals surface area (Å²) in [6.07, 6.45) is 1.67. The fraction of sp³-hybridized carbons (Fsp3) is 0.129. The summed E-state index contributed by atoms with van der Waals surface area (Å²) in [5, 5.41) is 1.94. The normalized spacial score (nSPS) is 15.4. The molecule has 0 spiro atoms. The maximum absolute atomic E-state index is 13.9. The van der Waals surface area contributed by atoms with Gasteiger partial charge in [0, 0.05) is 11.6 Å². The van der Waals surface area contributed by atoms with Gasteiger partial charge in [0.15, 0.2) is 4.80 Å². The van der Waals surface area contributed by atoms with E-state index >= 15 is 0 Å². The van der Waals surface area contributed by atoms with Crippen LogP contribution in [-0.2, 0) is 9.53 Å². The van der Waals surface area contributed by atoms with Crippen LogP contribution < -0.4 is 14.9 Å². The molecule has 0 bridgehead atoms. The molecule has 0 amide bonds. The monoisotopic (exact) mass is 538 g/mol. The molecular weight excluding hydrogens is 515 g/mol. The molecule has 1 aliphatic rings. The highest BCUT2D eigenvalue weighted by Crippen LogP contribution is 2.34. The molecule has 0 aliphatic carbocycles. The first-order chi connectivity index (χ1) is 18.9. The van der Waals surface area contributed by atoms with Gasteiger partial charge >= 0.3 is 5.97 Å². The van der Waals surface area contributed by atoms with Crippen molar-refractivity contribution in [1.29, 1.82) is 0 Å². The molecular formula is C31H23FN2O4S. The highest BCUT2D eigenvalue weighted by Gasteiger charge is 2.34. The van der Waals surface area contributed by atoms with E-state index in [2.05, 4.69) is 4.99 Å². The number of carbonyl (C=O) groups is 1. The lowest BCUT2D eigenvalue weighted by molar-refractivity contribution is -0.139. The van der Waals surface area contributed by atoms with Crippen molar-refractivity contribution in [2.75, 3.05) is 6.61 Å². The number of benzene rings is 3. The first kappa shape index (κ1) is 24.8. The Morgan fingerprint density at radius 1 is 1.08 bits per heavy atom. The summed E-state index contributed by atoms with van der Waals surface area (Å²) in [6.45, 7) is 3.72. The first-order valence-corrected chi connectivity index (χ1v) is 13.3. The summed E-state index contributed by atoms with van der Waals surface area (Å²) in [5.74, 6) is 0.205. The molecule has 0 radical (unpaired) electrons. The third-order valence-corrected chi connectivity index (χ3v) is 7.65. The quantitative estimate of drug-likeness (QED) is 0.283. The van der Waals surface area contributed by atoms with Gasteiger partial charge in [-0.1, -0.05) is 53.8 Å². The second-order valence-electron chi connectivity index (χ2n) is 9.08. The van der Waals surface area contributed by atoms with Gasteiger partial charge in [0.25, 0.3) is 5.56 Å². The third kappa shape index (κ3) is 4.42. The van der Waals surface area contributed by atoms with Gasteiger partial charge in [-0.15, -0.1) is 0 Å². The number of rotatable bonds is 5. The van der Waals surface area contributed by atoms with Crippen LogP contribution in [0.3, 0.4) is 0 Å². The number of hydrogen-bond donors (Lipinski definition) is 0. The minimum Gasteiger partial charge on any atom is -0.463 e. The molecule has 8 heteroatoms. The van der Waals surface area contributed by atoms with E-state index in [0.717, 1.165) is 21.9 Å². The van der Waals surface area contributed by atoms with E-state index in [0.29, 0.717) is 32.1 Å².